The summed E-state index contributed by atoms with van der Waals surface area (Å²) >= 11 is 0. The smallest absolute Gasteiger partial charge is 0.0834 e. The van der Waals surface area contributed by atoms with Crippen LogP contribution < -0.4 is 5.32 Å². The van der Waals surface area contributed by atoms with Gasteiger partial charge in [-0.25, -0.2) is 0 Å². The van der Waals surface area contributed by atoms with Crippen molar-refractivity contribution in [2.24, 2.45) is 0 Å². The summed E-state index contributed by atoms with van der Waals surface area (Å²) in [5.41, 5.74) is 2.44. The van der Waals surface area contributed by atoms with Gasteiger partial charge in [0.1, 0.15) is 0 Å². The van der Waals surface area contributed by atoms with E-state index in [0.717, 1.165) is 31.4 Å². The molecule has 1 aliphatic carbocycles. The highest BCUT2D eigenvalue weighted by molar-refractivity contribution is 5.15. The van der Waals surface area contributed by atoms with Crippen LogP contribution in [0.3, 0.4) is 0 Å². The second kappa shape index (κ2) is 7.19. The van der Waals surface area contributed by atoms with E-state index in [1.807, 2.05) is 20.4 Å². The van der Waals surface area contributed by atoms with Gasteiger partial charge in [-0.1, -0.05) is 32.3 Å². The summed E-state index contributed by atoms with van der Waals surface area (Å²) < 4.78 is 5.96. The standard InChI is InChI=1S/C17H28N2O/c1-4-14-8-9-15(19-13-14)12-16(18-2)17(20-3)10-6-5-7-11-17/h8-9,13,16,18H,4-7,10-12H2,1-3H3. The second-order valence-corrected chi connectivity index (χ2v) is 5.89. The number of likely N-dealkylation sites (N-methyl/N-ethyl adjacent to an activating group) is 1. The minimum Gasteiger partial charge on any atom is -0.377 e. The highest BCUT2D eigenvalue weighted by Crippen LogP contribution is 2.35. The summed E-state index contributed by atoms with van der Waals surface area (Å²) in [7, 11) is 3.91. The largest absolute Gasteiger partial charge is 0.377 e. The first kappa shape index (κ1) is 15.5. The predicted molar refractivity (Wildman–Crippen MR) is 83.0 cm³/mol. The summed E-state index contributed by atoms with van der Waals surface area (Å²) in [6.45, 7) is 2.16. The molecule has 0 aromatic carbocycles. The van der Waals surface area contributed by atoms with Gasteiger partial charge in [0.15, 0.2) is 0 Å². The summed E-state index contributed by atoms with van der Waals surface area (Å²) in [6, 6.07) is 4.69. The Morgan fingerprint density at radius 3 is 2.55 bits per heavy atom. The molecule has 1 aromatic rings. The van der Waals surface area contributed by atoms with Gasteiger partial charge in [0.05, 0.1) is 5.60 Å². The molecule has 0 amide bonds. The van der Waals surface area contributed by atoms with Gasteiger partial charge in [0, 0.05) is 31.5 Å². The maximum Gasteiger partial charge on any atom is 0.0834 e. The van der Waals surface area contributed by atoms with E-state index in [-0.39, 0.29) is 5.60 Å². The monoisotopic (exact) mass is 276 g/mol. The number of nitrogens with one attached hydrogen (secondary N) is 1. The van der Waals surface area contributed by atoms with Crippen LogP contribution in [0.1, 0.15) is 50.3 Å². The lowest BCUT2D eigenvalue weighted by molar-refractivity contribution is -0.0658. The van der Waals surface area contributed by atoms with Crippen molar-refractivity contribution in [3.63, 3.8) is 0 Å². The Balaban J connectivity index is 2.09. The summed E-state index contributed by atoms with van der Waals surface area (Å²) in [5.74, 6) is 0. The quantitative estimate of drug-likeness (QED) is 0.867. The SMILES string of the molecule is CCc1ccc(CC(NC)C2(OC)CCCCC2)nc1. The molecule has 1 N–H and O–H groups in total. The third-order valence-corrected chi connectivity index (χ3v) is 4.80. The van der Waals surface area contributed by atoms with Gasteiger partial charge in [0.25, 0.3) is 0 Å². The van der Waals surface area contributed by atoms with Crippen LogP contribution >= 0.6 is 0 Å². The second-order valence-electron chi connectivity index (χ2n) is 5.89. The molecule has 1 unspecified atom stereocenters. The molecule has 0 radical (unpaired) electrons. The van der Waals surface area contributed by atoms with Crippen molar-refractivity contribution >= 4 is 0 Å². The highest BCUT2D eigenvalue weighted by Gasteiger charge is 2.39. The third-order valence-electron chi connectivity index (χ3n) is 4.80. The first-order chi connectivity index (χ1) is 9.74. The molecule has 0 bridgehead atoms. The zero-order valence-corrected chi connectivity index (χ0v) is 13.1. The Morgan fingerprint density at radius 2 is 2.05 bits per heavy atom. The molecule has 1 fully saturated rings. The van der Waals surface area contributed by atoms with Crippen molar-refractivity contribution in [2.75, 3.05) is 14.2 Å². The van der Waals surface area contributed by atoms with Crippen LogP contribution in [0.25, 0.3) is 0 Å². The molecular formula is C17H28N2O. The van der Waals surface area contributed by atoms with Crippen molar-refractivity contribution in [3.05, 3.63) is 29.6 Å². The fourth-order valence-electron chi connectivity index (χ4n) is 3.39. The Kier molecular flexibility index (Phi) is 5.55. The molecule has 2 rings (SSSR count). The van der Waals surface area contributed by atoms with E-state index in [2.05, 4.69) is 29.4 Å². The summed E-state index contributed by atoms with van der Waals surface area (Å²) in [4.78, 5) is 4.60. The number of aryl methyl sites for hydroxylation is 1. The molecule has 1 saturated carbocycles. The Bertz CT molecular complexity index is 396. The van der Waals surface area contributed by atoms with E-state index in [9.17, 15) is 0 Å². The lowest BCUT2D eigenvalue weighted by atomic mass is 9.77. The Morgan fingerprint density at radius 1 is 1.30 bits per heavy atom. The molecule has 3 heteroatoms. The van der Waals surface area contributed by atoms with Crippen molar-refractivity contribution in [1.29, 1.82) is 0 Å². The molecular weight excluding hydrogens is 248 g/mol. The first-order valence-corrected chi connectivity index (χ1v) is 7.90. The van der Waals surface area contributed by atoms with Crippen LogP contribution in [0.4, 0.5) is 0 Å². The Hall–Kier alpha value is -0.930. The van der Waals surface area contributed by atoms with Crippen molar-refractivity contribution in [2.45, 2.75) is 63.5 Å². The topological polar surface area (TPSA) is 34.1 Å². The normalized spacial score (nSPS) is 19.8. The van der Waals surface area contributed by atoms with Gasteiger partial charge in [-0.2, -0.15) is 0 Å². The average molecular weight is 276 g/mol. The summed E-state index contributed by atoms with van der Waals surface area (Å²) in [6.07, 6.45) is 10.2. The van der Waals surface area contributed by atoms with E-state index in [4.69, 9.17) is 4.74 Å². The molecule has 0 aliphatic heterocycles. The fourth-order valence-corrected chi connectivity index (χ4v) is 3.39. The molecule has 1 heterocycles. The van der Waals surface area contributed by atoms with Crippen molar-refractivity contribution in [3.8, 4) is 0 Å². The number of pyridine rings is 1. The van der Waals surface area contributed by atoms with Crippen LogP contribution in [0.2, 0.25) is 0 Å². The van der Waals surface area contributed by atoms with Crippen LogP contribution in [0, 0.1) is 0 Å². The van der Waals surface area contributed by atoms with Gasteiger partial charge in [0.2, 0.25) is 0 Å². The maximum atomic E-state index is 5.96. The molecule has 1 aromatic heterocycles. The minimum atomic E-state index is -0.0158. The number of hydrogen-bond acceptors (Lipinski definition) is 3. The highest BCUT2D eigenvalue weighted by atomic mass is 16.5. The van der Waals surface area contributed by atoms with E-state index < -0.39 is 0 Å². The van der Waals surface area contributed by atoms with E-state index >= 15 is 0 Å². The number of nitrogens with zero attached hydrogens (tertiary/aromatic N) is 1. The van der Waals surface area contributed by atoms with E-state index in [1.54, 1.807) is 0 Å². The third kappa shape index (κ3) is 3.39. The molecule has 0 saturated heterocycles. The fraction of sp³-hybridized carbons (Fsp3) is 0.706. The Labute approximate surface area is 123 Å². The number of ether oxygens (including phenoxy) is 1. The van der Waals surface area contributed by atoms with Crippen molar-refractivity contribution in [1.82, 2.24) is 10.3 Å². The van der Waals surface area contributed by atoms with E-state index in [1.165, 1.54) is 24.8 Å². The predicted octanol–water partition coefficient (Wildman–Crippen LogP) is 3.12. The lowest BCUT2D eigenvalue weighted by Crippen LogP contribution is -2.53. The van der Waals surface area contributed by atoms with E-state index in [0.29, 0.717) is 6.04 Å². The molecule has 20 heavy (non-hydrogen) atoms. The zero-order chi connectivity index (χ0) is 14.4. The zero-order valence-electron chi connectivity index (χ0n) is 13.1. The minimum absolute atomic E-state index is 0.0158. The number of hydrogen-bond donors (Lipinski definition) is 1. The maximum absolute atomic E-state index is 5.96. The first-order valence-electron chi connectivity index (χ1n) is 7.90. The van der Waals surface area contributed by atoms with Crippen LogP contribution in [0.15, 0.2) is 18.3 Å². The van der Waals surface area contributed by atoms with Gasteiger partial charge in [-0.05, 0) is 37.9 Å². The summed E-state index contributed by atoms with van der Waals surface area (Å²) in [5, 5.41) is 3.48. The van der Waals surface area contributed by atoms with Gasteiger partial charge >= 0.3 is 0 Å². The molecule has 1 atom stereocenters. The number of methoxy groups -OCH3 is 1. The molecule has 112 valence electrons. The number of aromatic nitrogens is 1. The van der Waals surface area contributed by atoms with Crippen molar-refractivity contribution < 1.29 is 4.74 Å². The van der Waals surface area contributed by atoms with Gasteiger partial charge < -0.3 is 10.1 Å². The molecule has 0 spiro atoms. The van der Waals surface area contributed by atoms with Crippen LogP contribution in [-0.4, -0.2) is 30.8 Å². The average Bonchev–Trinajstić information content (AvgIpc) is 2.53. The number of rotatable bonds is 6. The van der Waals surface area contributed by atoms with Gasteiger partial charge in [-0.15, -0.1) is 0 Å². The van der Waals surface area contributed by atoms with Crippen LogP contribution in [-0.2, 0) is 17.6 Å². The lowest BCUT2D eigenvalue weighted by Gasteiger charge is -2.42. The molecule has 3 nitrogen and oxygen atoms in total. The van der Waals surface area contributed by atoms with Gasteiger partial charge in [-0.3, -0.25) is 4.98 Å². The van der Waals surface area contributed by atoms with Crippen LogP contribution in [0.5, 0.6) is 0 Å². The molecule has 1 aliphatic rings.